The molecule has 1 aromatic rings. The molecule has 0 bridgehead atoms. The van der Waals surface area contributed by atoms with E-state index in [-0.39, 0.29) is 11.8 Å². The van der Waals surface area contributed by atoms with Crippen molar-refractivity contribution in [3.63, 3.8) is 0 Å². The van der Waals surface area contributed by atoms with E-state index in [1.54, 1.807) is 12.1 Å². The van der Waals surface area contributed by atoms with Gasteiger partial charge in [0.05, 0.1) is 12.0 Å². The Bertz CT molecular complexity index is 427. The predicted octanol–water partition coefficient (Wildman–Crippen LogP) is 1.21. The summed E-state index contributed by atoms with van der Waals surface area (Å²) in [6, 6.07) is 5.91. The van der Waals surface area contributed by atoms with Crippen LogP contribution in [0.5, 0.6) is 0 Å². The molecule has 1 saturated heterocycles. The van der Waals surface area contributed by atoms with Crippen LogP contribution in [0.15, 0.2) is 24.3 Å². The highest BCUT2D eigenvalue weighted by Gasteiger charge is 2.47. The summed E-state index contributed by atoms with van der Waals surface area (Å²) in [5.74, 6) is -0.427. The van der Waals surface area contributed by atoms with Crippen LogP contribution in [-0.2, 0) is 14.3 Å². The van der Waals surface area contributed by atoms with Gasteiger partial charge in [0.25, 0.3) is 5.69 Å². The number of nitrogens with zero attached hydrogens (tertiary/aromatic N) is 1. The molecule has 1 aromatic carbocycles. The van der Waals surface area contributed by atoms with Gasteiger partial charge in [0.1, 0.15) is 6.10 Å². The smallest absolute Gasteiger partial charge is 0.338 e. The lowest BCUT2D eigenvalue weighted by Crippen LogP contribution is -2.09. The van der Waals surface area contributed by atoms with Gasteiger partial charge in [-0.1, -0.05) is 0 Å². The molecule has 0 amide bonds. The van der Waals surface area contributed by atoms with E-state index in [1.807, 2.05) is 0 Å². The third kappa shape index (κ3) is 1.87. The number of carbonyl (C=O) groups is 1. The third-order valence-electron chi connectivity index (χ3n) is 2.36. The summed E-state index contributed by atoms with van der Waals surface area (Å²) in [5, 5.41) is 10.4. The molecule has 0 spiro atoms. The Labute approximate surface area is 90.9 Å². The number of carbonyl (C=O) groups excluding carboxylic acids is 1. The maximum atomic E-state index is 11.1. The molecule has 84 valence electrons. The Morgan fingerprint density at radius 2 is 2.06 bits per heavy atom. The first-order valence-electron chi connectivity index (χ1n) is 4.61. The number of methoxy groups -OCH3 is 1. The van der Waals surface area contributed by atoms with E-state index in [2.05, 4.69) is 4.74 Å². The van der Waals surface area contributed by atoms with Crippen LogP contribution in [0.1, 0.15) is 11.7 Å². The number of nitro benzene ring substituents is 1. The van der Waals surface area contributed by atoms with Crippen molar-refractivity contribution in [3.8, 4) is 0 Å². The van der Waals surface area contributed by atoms with Crippen LogP contribution < -0.4 is 0 Å². The maximum absolute atomic E-state index is 11.1. The minimum atomic E-state index is -0.577. The number of ether oxygens (including phenoxy) is 2. The molecule has 6 nitrogen and oxygen atoms in total. The standard InChI is InChI=1S/C10H9NO5/c1-15-10(12)9-8(16-9)6-2-4-7(5-3-6)11(13)14/h2-5,8-9H,1H3/t8-,9-/m0/s1. The zero-order chi connectivity index (χ0) is 11.7. The number of rotatable bonds is 3. The molecule has 0 aliphatic carbocycles. The van der Waals surface area contributed by atoms with Crippen LogP contribution >= 0.6 is 0 Å². The molecule has 1 aliphatic heterocycles. The summed E-state index contributed by atoms with van der Waals surface area (Å²) in [6.45, 7) is 0. The van der Waals surface area contributed by atoms with Gasteiger partial charge in [-0.05, 0) is 17.7 Å². The van der Waals surface area contributed by atoms with E-state index < -0.39 is 17.0 Å². The molecular formula is C10H9NO5. The monoisotopic (exact) mass is 223 g/mol. The van der Waals surface area contributed by atoms with Crippen molar-refractivity contribution in [3.05, 3.63) is 39.9 Å². The highest BCUT2D eigenvalue weighted by molar-refractivity contribution is 5.78. The number of hydrogen-bond donors (Lipinski definition) is 0. The largest absolute Gasteiger partial charge is 0.467 e. The lowest BCUT2D eigenvalue weighted by molar-refractivity contribution is -0.384. The second kappa shape index (κ2) is 3.90. The molecule has 0 N–H and O–H groups in total. The number of nitro groups is 1. The van der Waals surface area contributed by atoms with Crippen molar-refractivity contribution >= 4 is 11.7 Å². The fraction of sp³-hybridized carbons (Fsp3) is 0.300. The number of hydrogen-bond acceptors (Lipinski definition) is 5. The molecule has 2 rings (SSSR count). The van der Waals surface area contributed by atoms with Gasteiger partial charge >= 0.3 is 5.97 Å². The highest BCUT2D eigenvalue weighted by atomic mass is 16.6. The first-order valence-corrected chi connectivity index (χ1v) is 4.61. The molecule has 1 fully saturated rings. The molecular weight excluding hydrogens is 214 g/mol. The predicted molar refractivity (Wildman–Crippen MR) is 52.7 cm³/mol. The molecule has 1 heterocycles. The zero-order valence-electron chi connectivity index (χ0n) is 8.45. The van der Waals surface area contributed by atoms with Gasteiger partial charge in [-0.2, -0.15) is 0 Å². The number of esters is 1. The van der Waals surface area contributed by atoms with Gasteiger partial charge < -0.3 is 9.47 Å². The van der Waals surface area contributed by atoms with Crippen LogP contribution in [0, 0.1) is 10.1 Å². The normalized spacial score (nSPS) is 22.6. The van der Waals surface area contributed by atoms with Crippen LogP contribution in [0.25, 0.3) is 0 Å². The van der Waals surface area contributed by atoms with Crippen molar-refractivity contribution < 1.29 is 19.2 Å². The number of benzene rings is 1. The van der Waals surface area contributed by atoms with Crippen LogP contribution in [0.2, 0.25) is 0 Å². The average Bonchev–Trinajstić information content (AvgIpc) is 3.08. The van der Waals surface area contributed by atoms with E-state index in [9.17, 15) is 14.9 Å². The molecule has 0 saturated carbocycles. The molecule has 0 radical (unpaired) electrons. The van der Waals surface area contributed by atoms with Crippen molar-refractivity contribution in [2.75, 3.05) is 7.11 Å². The molecule has 0 unspecified atom stereocenters. The number of epoxide rings is 1. The van der Waals surface area contributed by atoms with Crippen molar-refractivity contribution in [2.45, 2.75) is 12.2 Å². The van der Waals surface area contributed by atoms with E-state index >= 15 is 0 Å². The quantitative estimate of drug-likeness (QED) is 0.333. The molecule has 2 atom stereocenters. The minimum Gasteiger partial charge on any atom is -0.467 e. The summed E-state index contributed by atoms with van der Waals surface area (Å²) in [4.78, 5) is 21.0. The molecule has 0 aromatic heterocycles. The highest BCUT2D eigenvalue weighted by Crippen LogP contribution is 2.39. The lowest BCUT2D eigenvalue weighted by Gasteiger charge is -1.95. The Hall–Kier alpha value is -1.95. The van der Waals surface area contributed by atoms with E-state index in [1.165, 1.54) is 19.2 Å². The van der Waals surface area contributed by atoms with Gasteiger partial charge in [0, 0.05) is 12.1 Å². The van der Waals surface area contributed by atoms with Gasteiger partial charge in [0.2, 0.25) is 0 Å². The van der Waals surface area contributed by atoms with Crippen molar-refractivity contribution in [1.29, 1.82) is 0 Å². The summed E-state index contributed by atoms with van der Waals surface area (Å²) in [6.07, 6.45) is -0.917. The fourth-order valence-electron chi connectivity index (χ4n) is 1.45. The maximum Gasteiger partial charge on any atom is 0.338 e. The van der Waals surface area contributed by atoms with Crippen LogP contribution in [0.3, 0.4) is 0 Å². The minimum absolute atomic E-state index is 0.0130. The Morgan fingerprint density at radius 1 is 1.44 bits per heavy atom. The van der Waals surface area contributed by atoms with Crippen LogP contribution in [-0.4, -0.2) is 24.1 Å². The molecule has 16 heavy (non-hydrogen) atoms. The zero-order valence-corrected chi connectivity index (χ0v) is 8.45. The van der Waals surface area contributed by atoms with E-state index in [0.29, 0.717) is 0 Å². The van der Waals surface area contributed by atoms with Gasteiger partial charge in [-0.25, -0.2) is 4.79 Å². The Kier molecular flexibility index (Phi) is 2.57. The summed E-state index contributed by atoms with van der Waals surface area (Å²) in [5.41, 5.74) is 0.750. The number of non-ortho nitro benzene ring substituents is 1. The lowest BCUT2D eigenvalue weighted by atomic mass is 10.1. The first kappa shape index (κ1) is 10.6. The van der Waals surface area contributed by atoms with Crippen molar-refractivity contribution in [1.82, 2.24) is 0 Å². The topological polar surface area (TPSA) is 82.0 Å². The average molecular weight is 223 g/mol. The van der Waals surface area contributed by atoms with Gasteiger partial charge in [0.15, 0.2) is 6.10 Å². The van der Waals surface area contributed by atoms with Crippen molar-refractivity contribution in [2.24, 2.45) is 0 Å². The van der Waals surface area contributed by atoms with E-state index in [0.717, 1.165) is 5.56 Å². The second-order valence-electron chi connectivity index (χ2n) is 3.35. The Balaban J connectivity index is 2.07. The molecule has 6 heteroatoms. The fourth-order valence-corrected chi connectivity index (χ4v) is 1.45. The second-order valence-corrected chi connectivity index (χ2v) is 3.35. The summed E-state index contributed by atoms with van der Waals surface area (Å²) in [7, 11) is 1.29. The van der Waals surface area contributed by atoms with E-state index in [4.69, 9.17) is 4.74 Å². The third-order valence-corrected chi connectivity index (χ3v) is 2.36. The van der Waals surface area contributed by atoms with Crippen LogP contribution in [0.4, 0.5) is 5.69 Å². The van der Waals surface area contributed by atoms with Gasteiger partial charge in [-0.15, -0.1) is 0 Å². The first-order chi connectivity index (χ1) is 7.63. The summed E-state index contributed by atoms with van der Waals surface area (Å²) < 4.78 is 9.63. The summed E-state index contributed by atoms with van der Waals surface area (Å²) >= 11 is 0. The SMILES string of the molecule is COC(=O)[C@H]1O[C@H]1c1ccc([N+](=O)[O-])cc1. The Morgan fingerprint density at radius 3 is 2.56 bits per heavy atom. The molecule has 1 aliphatic rings. The van der Waals surface area contributed by atoms with Gasteiger partial charge in [-0.3, -0.25) is 10.1 Å².